The van der Waals surface area contributed by atoms with Crippen molar-refractivity contribution in [3.8, 4) is 5.75 Å². The highest BCUT2D eigenvalue weighted by molar-refractivity contribution is 7.22. The van der Waals surface area contributed by atoms with Crippen LogP contribution in [0.4, 0.5) is 5.13 Å². The molecule has 0 amide bonds. The van der Waals surface area contributed by atoms with Crippen LogP contribution in [0.1, 0.15) is 17.2 Å². The highest BCUT2D eigenvalue weighted by atomic mass is 32.1. The molecule has 0 fully saturated rings. The molecule has 20 heavy (non-hydrogen) atoms. The van der Waals surface area contributed by atoms with Crippen LogP contribution < -0.4 is 10.5 Å². The van der Waals surface area contributed by atoms with E-state index >= 15 is 0 Å². The lowest BCUT2D eigenvalue weighted by atomic mass is 10.0. The van der Waals surface area contributed by atoms with Crippen molar-refractivity contribution in [3.63, 3.8) is 0 Å². The Hall–Kier alpha value is -2.18. The third kappa shape index (κ3) is 2.09. The van der Waals surface area contributed by atoms with Gasteiger partial charge in [-0.25, -0.2) is 4.98 Å². The molecule has 1 aromatic carbocycles. The molecule has 3 N–H and O–H groups in total. The van der Waals surface area contributed by atoms with Crippen molar-refractivity contribution < 1.29 is 9.84 Å². The van der Waals surface area contributed by atoms with Crippen molar-refractivity contribution in [2.75, 3.05) is 12.8 Å². The number of thiazole rings is 1. The van der Waals surface area contributed by atoms with Gasteiger partial charge in [-0.2, -0.15) is 0 Å². The summed E-state index contributed by atoms with van der Waals surface area (Å²) in [6.45, 7) is 0. The molecule has 3 rings (SSSR count). The number of benzene rings is 1. The third-order valence-electron chi connectivity index (χ3n) is 3.09. The van der Waals surface area contributed by atoms with E-state index in [9.17, 15) is 5.11 Å². The van der Waals surface area contributed by atoms with Crippen molar-refractivity contribution in [1.29, 1.82) is 0 Å². The Bertz CT molecular complexity index is 743. The van der Waals surface area contributed by atoms with E-state index in [1.807, 2.05) is 12.1 Å². The highest BCUT2D eigenvalue weighted by Gasteiger charge is 2.21. The number of aromatic nitrogens is 2. The number of anilines is 1. The SMILES string of the molecule is COc1ccc2sc(N)nc2c1C(O)c1ccncc1. The van der Waals surface area contributed by atoms with Crippen molar-refractivity contribution in [2.24, 2.45) is 0 Å². The lowest BCUT2D eigenvalue weighted by Crippen LogP contribution is -2.03. The number of ether oxygens (including phenoxy) is 1. The summed E-state index contributed by atoms with van der Waals surface area (Å²) in [5, 5.41) is 11.1. The number of hydrogen-bond acceptors (Lipinski definition) is 6. The van der Waals surface area contributed by atoms with Crippen LogP contribution in [-0.4, -0.2) is 22.2 Å². The van der Waals surface area contributed by atoms with Crippen molar-refractivity contribution in [2.45, 2.75) is 6.10 Å². The topological polar surface area (TPSA) is 81.3 Å². The average molecular weight is 287 g/mol. The molecule has 0 aliphatic heterocycles. The van der Waals surface area contributed by atoms with E-state index in [0.717, 1.165) is 10.3 Å². The maximum atomic E-state index is 10.6. The zero-order chi connectivity index (χ0) is 14.1. The Morgan fingerprint density at radius 3 is 2.70 bits per heavy atom. The molecule has 0 radical (unpaired) electrons. The Morgan fingerprint density at radius 2 is 2.00 bits per heavy atom. The van der Waals surface area contributed by atoms with Crippen LogP contribution in [-0.2, 0) is 0 Å². The lowest BCUT2D eigenvalue weighted by molar-refractivity contribution is 0.216. The van der Waals surface area contributed by atoms with E-state index in [-0.39, 0.29) is 0 Å². The van der Waals surface area contributed by atoms with Gasteiger partial charge in [0.1, 0.15) is 11.9 Å². The molecule has 102 valence electrons. The van der Waals surface area contributed by atoms with E-state index in [2.05, 4.69) is 9.97 Å². The van der Waals surface area contributed by atoms with Crippen LogP contribution in [0.15, 0.2) is 36.7 Å². The fourth-order valence-electron chi connectivity index (χ4n) is 2.17. The van der Waals surface area contributed by atoms with Gasteiger partial charge in [-0.1, -0.05) is 11.3 Å². The summed E-state index contributed by atoms with van der Waals surface area (Å²) < 4.78 is 6.28. The summed E-state index contributed by atoms with van der Waals surface area (Å²) in [7, 11) is 1.57. The fraction of sp³-hybridized carbons (Fsp3) is 0.143. The highest BCUT2D eigenvalue weighted by Crippen LogP contribution is 2.38. The van der Waals surface area contributed by atoms with Crippen LogP contribution in [0.25, 0.3) is 10.2 Å². The summed E-state index contributed by atoms with van der Waals surface area (Å²) in [5.41, 5.74) is 7.80. The smallest absolute Gasteiger partial charge is 0.181 e. The molecular weight excluding hydrogens is 274 g/mol. The van der Waals surface area contributed by atoms with Crippen LogP contribution in [0.2, 0.25) is 0 Å². The molecule has 6 heteroatoms. The summed E-state index contributed by atoms with van der Waals surface area (Å²) in [6.07, 6.45) is 2.44. The van der Waals surface area contributed by atoms with Gasteiger partial charge in [0.05, 0.1) is 22.9 Å². The Kier molecular flexibility index (Phi) is 3.25. The number of nitrogens with two attached hydrogens (primary N) is 1. The lowest BCUT2D eigenvalue weighted by Gasteiger charge is -2.15. The zero-order valence-corrected chi connectivity index (χ0v) is 11.6. The average Bonchev–Trinajstić information content (AvgIpc) is 2.86. The van der Waals surface area contributed by atoms with Gasteiger partial charge in [0, 0.05) is 12.4 Å². The minimum Gasteiger partial charge on any atom is -0.496 e. The molecule has 0 saturated heterocycles. The van der Waals surface area contributed by atoms with E-state index in [1.165, 1.54) is 11.3 Å². The van der Waals surface area contributed by atoms with Gasteiger partial charge < -0.3 is 15.6 Å². The number of fused-ring (bicyclic) bond motifs is 1. The Morgan fingerprint density at radius 1 is 1.25 bits per heavy atom. The predicted molar refractivity (Wildman–Crippen MR) is 78.9 cm³/mol. The van der Waals surface area contributed by atoms with Gasteiger partial charge in [-0.15, -0.1) is 0 Å². The summed E-state index contributed by atoms with van der Waals surface area (Å²) in [6, 6.07) is 7.24. The number of nitrogens with zero attached hydrogens (tertiary/aromatic N) is 2. The molecule has 0 saturated carbocycles. The molecule has 2 heterocycles. The van der Waals surface area contributed by atoms with Gasteiger partial charge in [0.2, 0.25) is 0 Å². The maximum Gasteiger partial charge on any atom is 0.181 e. The second-order valence-corrected chi connectivity index (χ2v) is 5.33. The molecule has 0 aliphatic rings. The molecule has 0 bridgehead atoms. The van der Waals surface area contributed by atoms with Crippen LogP contribution in [0, 0.1) is 0 Å². The molecule has 0 spiro atoms. The monoisotopic (exact) mass is 287 g/mol. The predicted octanol–water partition coefficient (Wildman–Crippen LogP) is 2.36. The standard InChI is InChI=1S/C14H13N3O2S/c1-19-9-2-3-10-12(17-14(15)20-10)11(9)13(18)8-4-6-16-7-5-8/h2-7,13,18H,1H3,(H2,15,17). The van der Waals surface area contributed by atoms with Crippen molar-refractivity contribution >= 4 is 26.7 Å². The number of rotatable bonds is 3. The van der Waals surface area contributed by atoms with Crippen molar-refractivity contribution in [1.82, 2.24) is 9.97 Å². The second-order valence-electron chi connectivity index (χ2n) is 4.26. The number of aliphatic hydroxyl groups is 1. The fourth-order valence-corrected chi connectivity index (χ4v) is 2.92. The number of pyridine rings is 1. The summed E-state index contributed by atoms with van der Waals surface area (Å²) in [5.74, 6) is 0.590. The Balaban J connectivity index is 2.22. The van der Waals surface area contributed by atoms with Gasteiger partial charge in [0.25, 0.3) is 0 Å². The van der Waals surface area contributed by atoms with Crippen LogP contribution in [0.3, 0.4) is 0 Å². The van der Waals surface area contributed by atoms with Crippen LogP contribution >= 0.6 is 11.3 Å². The van der Waals surface area contributed by atoms with Gasteiger partial charge in [0.15, 0.2) is 5.13 Å². The molecule has 0 aliphatic carbocycles. The maximum absolute atomic E-state index is 10.6. The first kappa shape index (κ1) is 12.8. The second kappa shape index (κ2) is 5.07. The summed E-state index contributed by atoms with van der Waals surface area (Å²) >= 11 is 1.39. The number of aliphatic hydroxyl groups excluding tert-OH is 1. The molecule has 3 aromatic rings. The zero-order valence-electron chi connectivity index (χ0n) is 10.8. The molecule has 1 unspecified atom stereocenters. The van der Waals surface area contributed by atoms with E-state index < -0.39 is 6.10 Å². The normalized spacial score (nSPS) is 12.5. The first-order valence-corrected chi connectivity index (χ1v) is 6.83. The van der Waals surface area contributed by atoms with E-state index in [4.69, 9.17) is 10.5 Å². The van der Waals surface area contributed by atoms with Gasteiger partial charge >= 0.3 is 0 Å². The largest absolute Gasteiger partial charge is 0.496 e. The number of methoxy groups -OCH3 is 1. The van der Waals surface area contributed by atoms with Gasteiger partial charge in [-0.3, -0.25) is 4.98 Å². The van der Waals surface area contributed by atoms with Crippen LogP contribution in [0.5, 0.6) is 5.75 Å². The molecule has 5 nitrogen and oxygen atoms in total. The first-order chi connectivity index (χ1) is 9.70. The minimum atomic E-state index is -0.835. The summed E-state index contributed by atoms with van der Waals surface area (Å²) in [4.78, 5) is 8.26. The van der Waals surface area contributed by atoms with Crippen molar-refractivity contribution in [3.05, 3.63) is 47.8 Å². The Labute approximate surface area is 119 Å². The number of nitrogen functional groups attached to an aromatic ring is 1. The quantitative estimate of drug-likeness (QED) is 0.773. The number of hydrogen-bond donors (Lipinski definition) is 2. The first-order valence-electron chi connectivity index (χ1n) is 6.01. The third-order valence-corrected chi connectivity index (χ3v) is 3.94. The molecule has 1 atom stereocenters. The molecule has 2 aromatic heterocycles. The minimum absolute atomic E-state index is 0.469. The molecular formula is C14H13N3O2S. The van der Waals surface area contributed by atoms with E-state index in [0.29, 0.717) is 22.0 Å². The van der Waals surface area contributed by atoms with E-state index in [1.54, 1.807) is 31.6 Å². The van der Waals surface area contributed by atoms with Gasteiger partial charge in [-0.05, 0) is 29.8 Å².